The first-order valence-electron chi connectivity index (χ1n) is 7.56. The maximum Gasteiger partial charge on any atom is 0.234 e. The topological polar surface area (TPSA) is 76.1 Å². The number of carbonyl (C=O) groups excluding carboxylic acids is 1. The fourth-order valence-electron chi connectivity index (χ4n) is 2.24. The Hall–Kier alpha value is -1.35. The summed E-state index contributed by atoms with van der Waals surface area (Å²) >= 11 is 8.69. The van der Waals surface area contributed by atoms with Gasteiger partial charge in [-0.15, -0.1) is 10.2 Å². The number of thioether (sulfide) groups is 1. The number of carbonyl (C=O) groups is 1. The van der Waals surface area contributed by atoms with Gasteiger partial charge in [0.25, 0.3) is 0 Å². The second-order valence-electron chi connectivity index (χ2n) is 5.24. The van der Waals surface area contributed by atoms with Gasteiger partial charge < -0.3 is 15.4 Å². The highest BCUT2D eigenvalue weighted by atomic mass is 35.5. The highest BCUT2D eigenvalue weighted by Crippen LogP contribution is 2.26. The molecule has 1 aromatic heterocycles. The van der Waals surface area contributed by atoms with Crippen molar-refractivity contribution in [3.05, 3.63) is 29.3 Å². The third kappa shape index (κ3) is 5.34. The molecule has 1 fully saturated rings. The van der Waals surface area contributed by atoms with Gasteiger partial charge >= 0.3 is 0 Å². The number of rotatable bonds is 7. The molecular weight excluding hydrogens is 368 g/mol. The van der Waals surface area contributed by atoms with Crippen molar-refractivity contribution in [3.63, 3.8) is 0 Å². The van der Waals surface area contributed by atoms with Crippen molar-refractivity contribution in [1.82, 2.24) is 10.2 Å². The molecule has 0 saturated carbocycles. The Balaban J connectivity index is 1.42. The number of anilines is 2. The lowest BCUT2D eigenvalue weighted by Crippen LogP contribution is -2.18. The van der Waals surface area contributed by atoms with Crippen LogP contribution >= 0.6 is 34.7 Å². The minimum atomic E-state index is -0.105. The lowest BCUT2D eigenvalue weighted by atomic mass is 10.2. The van der Waals surface area contributed by atoms with E-state index in [-0.39, 0.29) is 17.8 Å². The Kier molecular flexibility index (Phi) is 6.30. The Bertz CT molecular complexity index is 692. The molecule has 2 aromatic rings. The molecule has 0 radical (unpaired) electrons. The smallest absolute Gasteiger partial charge is 0.234 e. The molecule has 0 unspecified atom stereocenters. The zero-order valence-electron chi connectivity index (χ0n) is 12.8. The normalized spacial score (nSPS) is 17.0. The molecule has 1 aliphatic heterocycles. The van der Waals surface area contributed by atoms with Crippen molar-refractivity contribution in [2.24, 2.45) is 0 Å². The van der Waals surface area contributed by atoms with Crippen molar-refractivity contribution in [2.75, 3.05) is 29.5 Å². The zero-order chi connectivity index (χ0) is 16.8. The predicted molar refractivity (Wildman–Crippen MR) is 98.2 cm³/mol. The molecule has 2 heterocycles. The monoisotopic (exact) mass is 384 g/mol. The summed E-state index contributed by atoms with van der Waals surface area (Å²) < 4.78 is 6.31. The fraction of sp³-hybridized carbons (Fsp3) is 0.400. The Labute approximate surface area is 153 Å². The molecular formula is C15H17ClN4O2S2. The molecule has 1 atom stereocenters. The molecule has 1 amide bonds. The number of amides is 1. The summed E-state index contributed by atoms with van der Waals surface area (Å²) in [6.07, 6.45) is 2.45. The van der Waals surface area contributed by atoms with Crippen LogP contribution in [0.4, 0.5) is 10.8 Å². The molecule has 24 heavy (non-hydrogen) atoms. The van der Waals surface area contributed by atoms with Gasteiger partial charge in [0.05, 0.1) is 11.9 Å². The highest BCUT2D eigenvalue weighted by molar-refractivity contribution is 8.01. The number of nitrogens with one attached hydrogen (secondary N) is 2. The van der Waals surface area contributed by atoms with E-state index in [4.69, 9.17) is 16.3 Å². The van der Waals surface area contributed by atoms with Crippen LogP contribution in [-0.2, 0) is 9.53 Å². The van der Waals surface area contributed by atoms with Crippen LogP contribution in [-0.4, -0.2) is 41.1 Å². The molecule has 1 aliphatic rings. The Morgan fingerprint density at radius 3 is 3.17 bits per heavy atom. The standard InChI is InChI=1S/C15H17ClN4O2S2/c16-10-3-1-4-11(7-10)18-13(21)9-23-15-20-19-14(24-15)17-8-12-5-2-6-22-12/h1,3-4,7,12H,2,5-6,8-9H2,(H,17,19)(H,18,21)/t12-/m0/s1. The average molecular weight is 385 g/mol. The highest BCUT2D eigenvalue weighted by Gasteiger charge is 2.16. The van der Waals surface area contributed by atoms with Gasteiger partial charge in [-0.25, -0.2) is 0 Å². The van der Waals surface area contributed by atoms with E-state index in [1.807, 2.05) is 0 Å². The van der Waals surface area contributed by atoms with Crippen LogP contribution in [0, 0.1) is 0 Å². The van der Waals surface area contributed by atoms with Crippen LogP contribution < -0.4 is 10.6 Å². The molecule has 2 N–H and O–H groups in total. The second-order valence-corrected chi connectivity index (χ2v) is 7.87. The van der Waals surface area contributed by atoms with Crippen molar-refractivity contribution in [3.8, 4) is 0 Å². The number of ether oxygens (including phenoxy) is 1. The Morgan fingerprint density at radius 2 is 2.38 bits per heavy atom. The van der Waals surface area contributed by atoms with Gasteiger partial charge in [-0.2, -0.15) is 0 Å². The first-order valence-corrected chi connectivity index (χ1v) is 9.74. The third-order valence-electron chi connectivity index (χ3n) is 3.35. The third-order valence-corrected chi connectivity index (χ3v) is 5.60. The minimum Gasteiger partial charge on any atom is -0.376 e. The van der Waals surface area contributed by atoms with Crippen LogP contribution in [0.3, 0.4) is 0 Å². The van der Waals surface area contributed by atoms with Crippen molar-refractivity contribution < 1.29 is 9.53 Å². The van der Waals surface area contributed by atoms with Crippen LogP contribution in [0.2, 0.25) is 5.02 Å². The number of aromatic nitrogens is 2. The van der Waals surface area contributed by atoms with E-state index in [0.717, 1.165) is 35.5 Å². The molecule has 9 heteroatoms. The quantitative estimate of drug-likeness (QED) is 0.711. The lowest BCUT2D eigenvalue weighted by Gasteiger charge is -2.08. The summed E-state index contributed by atoms with van der Waals surface area (Å²) in [7, 11) is 0. The molecule has 6 nitrogen and oxygen atoms in total. The maximum atomic E-state index is 12.0. The van der Waals surface area contributed by atoms with Crippen molar-refractivity contribution >= 4 is 51.4 Å². The summed E-state index contributed by atoms with van der Waals surface area (Å²) in [6, 6.07) is 7.06. The SMILES string of the molecule is O=C(CSc1nnc(NC[C@@H]2CCCO2)s1)Nc1cccc(Cl)c1. The van der Waals surface area contributed by atoms with Crippen LogP contribution in [0.15, 0.2) is 28.6 Å². The van der Waals surface area contributed by atoms with Gasteiger partial charge in [0.2, 0.25) is 11.0 Å². The molecule has 1 saturated heterocycles. The summed E-state index contributed by atoms with van der Waals surface area (Å²) in [6.45, 7) is 1.58. The minimum absolute atomic E-state index is 0.105. The number of nitrogens with zero attached hydrogens (tertiary/aromatic N) is 2. The largest absolute Gasteiger partial charge is 0.376 e. The van der Waals surface area contributed by atoms with Gasteiger partial charge in [-0.3, -0.25) is 4.79 Å². The lowest BCUT2D eigenvalue weighted by molar-refractivity contribution is -0.113. The van der Waals surface area contributed by atoms with Gasteiger partial charge in [-0.05, 0) is 31.0 Å². The van der Waals surface area contributed by atoms with Crippen LogP contribution in [0.25, 0.3) is 0 Å². The molecule has 128 valence electrons. The van der Waals surface area contributed by atoms with Gasteiger partial charge in [0.15, 0.2) is 4.34 Å². The number of benzene rings is 1. The molecule has 1 aromatic carbocycles. The van der Waals surface area contributed by atoms with E-state index in [2.05, 4.69) is 20.8 Å². The van der Waals surface area contributed by atoms with E-state index in [9.17, 15) is 4.79 Å². The molecule has 0 bridgehead atoms. The van der Waals surface area contributed by atoms with Crippen molar-refractivity contribution in [1.29, 1.82) is 0 Å². The maximum absolute atomic E-state index is 12.0. The van der Waals surface area contributed by atoms with Gasteiger partial charge in [0, 0.05) is 23.9 Å². The summed E-state index contributed by atoms with van der Waals surface area (Å²) in [5.41, 5.74) is 0.685. The van der Waals surface area contributed by atoms with Crippen LogP contribution in [0.5, 0.6) is 0 Å². The first kappa shape index (κ1) is 17.5. The van der Waals surface area contributed by atoms with E-state index < -0.39 is 0 Å². The van der Waals surface area contributed by atoms with Gasteiger partial charge in [0.1, 0.15) is 0 Å². The van der Waals surface area contributed by atoms with E-state index in [0.29, 0.717) is 10.7 Å². The van der Waals surface area contributed by atoms with E-state index >= 15 is 0 Å². The predicted octanol–water partition coefficient (Wildman–Crippen LogP) is 3.51. The molecule has 3 rings (SSSR count). The second kappa shape index (κ2) is 8.66. The average Bonchev–Trinajstić information content (AvgIpc) is 3.23. The fourth-order valence-corrected chi connectivity index (χ4v) is 3.99. The summed E-state index contributed by atoms with van der Waals surface area (Å²) in [4.78, 5) is 12.0. The van der Waals surface area contributed by atoms with Crippen LogP contribution in [0.1, 0.15) is 12.8 Å². The number of hydrogen-bond acceptors (Lipinski definition) is 7. The van der Waals surface area contributed by atoms with E-state index in [1.54, 1.807) is 24.3 Å². The Morgan fingerprint density at radius 1 is 1.46 bits per heavy atom. The number of hydrogen-bond donors (Lipinski definition) is 2. The molecule has 0 spiro atoms. The van der Waals surface area contributed by atoms with Crippen molar-refractivity contribution in [2.45, 2.75) is 23.3 Å². The van der Waals surface area contributed by atoms with Gasteiger partial charge in [-0.1, -0.05) is 40.8 Å². The summed E-state index contributed by atoms with van der Waals surface area (Å²) in [5.74, 6) is 0.165. The molecule has 0 aliphatic carbocycles. The van der Waals surface area contributed by atoms with E-state index in [1.165, 1.54) is 23.1 Å². The summed E-state index contributed by atoms with van der Waals surface area (Å²) in [5, 5.41) is 15.5. The number of halogens is 1. The zero-order valence-corrected chi connectivity index (χ0v) is 15.2. The first-order chi connectivity index (χ1) is 11.7.